The molecule has 2 unspecified atom stereocenters. The van der Waals surface area contributed by atoms with E-state index in [0.29, 0.717) is 24.5 Å². The van der Waals surface area contributed by atoms with Crippen LogP contribution in [0.25, 0.3) is 0 Å². The lowest BCUT2D eigenvalue weighted by atomic mass is 10.0. The van der Waals surface area contributed by atoms with Gasteiger partial charge in [0.1, 0.15) is 0 Å². The van der Waals surface area contributed by atoms with Crippen molar-refractivity contribution in [1.82, 2.24) is 9.80 Å². The Balaban J connectivity index is 1.67. The number of rotatable bonds is 3. The molecule has 0 saturated carbocycles. The van der Waals surface area contributed by atoms with Gasteiger partial charge in [-0.3, -0.25) is 9.69 Å². The lowest BCUT2D eigenvalue weighted by molar-refractivity contribution is -0.135. The molecule has 3 heteroatoms. The van der Waals surface area contributed by atoms with Gasteiger partial charge in [0.05, 0.1) is 6.54 Å². The fraction of sp³-hybridized carbons (Fsp3) is 0.632. The smallest absolute Gasteiger partial charge is 0.237 e. The summed E-state index contributed by atoms with van der Waals surface area (Å²) in [5.74, 6) is 0.326. The molecular weight excluding hydrogens is 272 g/mol. The Morgan fingerprint density at radius 2 is 2.05 bits per heavy atom. The fourth-order valence-electron chi connectivity index (χ4n) is 4.00. The molecule has 0 spiro atoms. The number of carbonyl (C=O) groups excluding carboxylic acids is 1. The van der Waals surface area contributed by atoms with Crippen molar-refractivity contribution in [2.45, 2.75) is 58.0 Å². The van der Waals surface area contributed by atoms with E-state index >= 15 is 0 Å². The first kappa shape index (κ1) is 15.5. The number of hydrogen-bond acceptors (Lipinski definition) is 2. The van der Waals surface area contributed by atoms with Crippen LogP contribution in [0.15, 0.2) is 24.3 Å². The summed E-state index contributed by atoms with van der Waals surface area (Å²) in [5.41, 5.74) is 2.68. The van der Waals surface area contributed by atoms with Gasteiger partial charge in [0.25, 0.3) is 0 Å². The average Bonchev–Trinajstić information content (AvgIpc) is 2.95. The van der Waals surface area contributed by atoms with Crippen LogP contribution in [0.2, 0.25) is 0 Å². The van der Waals surface area contributed by atoms with Gasteiger partial charge >= 0.3 is 0 Å². The zero-order chi connectivity index (χ0) is 15.5. The molecule has 120 valence electrons. The number of benzene rings is 1. The van der Waals surface area contributed by atoms with Gasteiger partial charge in [-0.2, -0.15) is 0 Å². The van der Waals surface area contributed by atoms with Crippen molar-refractivity contribution < 1.29 is 4.79 Å². The highest BCUT2D eigenvalue weighted by Crippen LogP contribution is 2.32. The largest absolute Gasteiger partial charge is 0.339 e. The number of carbonyl (C=O) groups is 1. The Labute approximate surface area is 134 Å². The van der Waals surface area contributed by atoms with Crippen molar-refractivity contribution in [3.63, 3.8) is 0 Å². The van der Waals surface area contributed by atoms with Crippen molar-refractivity contribution in [2.24, 2.45) is 0 Å². The minimum Gasteiger partial charge on any atom is -0.339 e. The molecule has 2 atom stereocenters. The second-order valence-electron chi connectivity index (χ2n) is 6.97. The van der Waals surface area contributed by atoms with Crippen LogP contribution in [0.3, 0.4) is 0 Å². The predicted molar refractivity (Wildman–Crippen MR) is 89.8 cm³/mol. The van der Waals surface area contributed by atoms with Gasteiger partial charge in [0, 0.05) is 18.6 Å². The summed E-state index contributed by atoms with van der Waals surface area (Å²) in [4.78, 5) is 17.2. The van der Waals surface area contributed by atoms with Gasteiger partial charge in [-0.25, -0.2) is 0 Å². The summed E-state index contributed by atoms with van der Waals surface area (Å²) in [6.45, 7) is 6.92. The normalized spacial score (nSPS) is 26.4. The van der Waals surface area contributed by atoms with Crippen molar-refractivity contribution >= 4 is 5.91 Å². The Morgan fingerprint density at radius 3 is 2.82 bits per heavy atom. The van der Waals surface area contributed by atoms with E-state index < -0.39 is 0 Å². The minimum absolute atomic E-state index is 0.326. The van der Waals surface area contributed by atoms with Gasteiger partial charge in [-0.15, -0.1) is 0 Å². The van der Waals surface area contributed by atoms with Crippen molar-refractivity contribution in [3.05, 3.63) is 35.4 Å². The summed E-state index contributed by atoms with van der Waals surface area (Å²) in [6, 6.07) is 9.60. The van der Waals surface area contributed by atoms with Gasteiger partial charge < -0.3 is 4.90 Å². The molecule has 2 heterocycles. The molecule has 2 aliphatic rings. The van der Waals surface area contributed by atoms with Crippen LogP contribution in [0.4, 0.5) is 0 Å². The van der Waals surface area contributed by atoms with E-state index in [1.807, 2.05) is 0 Å². The van der Waals surface area contributed by atoms with Crippen molar-refractivity contribution in [1.29, 1.82) is 0 Å². The third-order valence-corrected chi connectivity index (χ3v) is 5.25. The van der Waals surface area contributed by atoms with Gasteiger partial charge in [0.15, 0.2) is 0 Å². The number of aryl methyl sites for hydroxylation is 1. The lowest BCUT2D eigenvalue weighted by Gasteiger charge is -2.35. The summed E-state index contributed by atoms with van der Waals surface area (Å²) < 4.78 is 0. The maximum absolute atomic E-state index is 12.7. The quantitative estimate of drug-likeness (QED) is 0.852. The van der Waals surface area contributed by atoms with E-state index in [1.165, 1.54) is 30.4 Å². The van der Waals surface area contributed by atoms with E-state index in [-0.39, 0.29) is 0 Å². The number of nitrogens with zero attached hydrogens (tertiary/aromatic N) is 2. The molecular formula is C19H28N2O. The first-order valence-corrected chi connectivity index (χ1v) is 8.75. The molecule has 2 saturated heterocycles. The molecule has 1 aromatic rings. The van der Waals surface area contributed by atoms with Crippen LogP contribution in [0.5, 0.6) is 0 Å². The van der Waals surface area contributed by atoms with E-state index in [2.05, 4.69) is 47.9 Å². The van der Waals surface area contributed by atoms with Crippen molar-refractivity contribution in [3.8, 4) is 0 Å². The van der Waals surface area contributed by atoms with E-state index in [1.54, 1.807) is 0 Å². The highest BCUT2D eigenvalue weighted by Gasteiger charge is 2.30. The summed E-state index contributed by atoms with van der Waals surface area (Å²) >= 11 is 0. The molecule has 0 bridgehead atoms. The third kappa shape index (κ3) is 3.35. The molecule has 3 rings (SSSR count). The van der Waals surface area contributed by atoms with E-state index in [0.717, 1.165) is 25.9 Å². The third-order valence-electron chi connectivity index (χ3n) is 5.25. The molecule has 0 N–H and O–H groups in total. The van der Waals surface area contributed by atoms with Gasteiger partial charge in [-0.1, -0.05) is 29.8 Å². The van der Waals surface area contributed by atoms with E-state index in [9.17, 15) is 4.79 Å². The fourth-order valence-corrected chi connectivity index (χ4v) is 4.00. The Kier molecular flexibility index (Phi) is 4.82. The monoisotopic (exact) mass is 300 g/mol. The summed E-state index contributed by atoms with van der Waals surface area (Å²) in [6.07, 6.45) is 5.96. The molecule has 2 fully saturated rings. The van der Waals surface area contributed by atoms with Crippen LogP contribution in [0, 0.1) is 6.92 Å². The molecule has 0 radical (unpaired) electrons. The van der Waals surface area contributed by atoms with Gasteiger partial charge in [0.2, 0.25) is 5.91 Å². The first-order chi connectivity index (χ1) is 10.6. The van der Waals surface area contributed by atoms with Crippen LogP contribution >= 0.6 is 0 Å². The molecule has 22 heavy (non-hydrogen) atoms. The number of amides is 1. The second kappa shape index (κ2) is 6.82. The molecule has 0 aliphatic carbocycles. The number of hydrogen-bond donors (Lipinski definition) is 0. The average molecular weight is 300 g/mol. The SMILES string of the molecule is Cc1cccc(C2CCCN2CC(=O)N2CCCCC2C)c1. The minimum atomic E-state index is 0.326. The highest BCUT2D eigenvalue weighted by atomic mass is 16.2. The zero-order valence-electron chi connectivity index (χ0n) is 13.9. The molecule has 2 aliphatic heterocycles. The van der Waals surface area contributed by atoms with E-state index in [4.69, 9.17) is 0 Å². The maximum atomic E-state index is 12.7. The standard InChI is InChI=1S/C19H28N2O/c1-15-7-5-9-17(13-15)18-10-6-11-20(18)14-19(22)21-12-4-3-8-16(21)2/h5,7,9,13,16,18H,3-4,6,8,10-12,14H2,1-2H3. The van der Waals surface area contributed by atoms with Crippen molar-refractivity contribution in [2.75, 3.05) is 19.6 Å². The molecule has 1 aromatic carbocycles. The molecule has 3 nitrogen and oxygen atoms in total. The van der Waals surface area contributed by atoms with Crippen LogP contribution in [-0.4, -0.2) is 41.4 Å². The zero-order valence-corrected chi connectivity index (χ0v) is 13.9. The topological polar surface area (TPSA) is 23.6 Å². The molecule has 1 amide bonds. The molecule has 0 aromatic heterocycles. The Bertz CT molecular complexity index is 528. The predicted octanol–water partition coefficient (Wildman–Crippen LogP) is 3.53. The highest BCUT2D eigenvalue weighted by molar-refractivity contribution is 5.78. The van der Waals surface area contributed by atoms with Crippen LogP contribution in [0.1, 0.15) is 56.2 Å². The van der Waals surface area contributed by atoms with Gasteiger partial charge in [-0.05, 0) is 58.1 Å². The Hall–Kier alpha value is -1.35. The maximum Gasteiger partial charge on any atom is 0.237 e. The number of likely N-dealkylation sites (tertiary alicyclic amines) is 2. The lowest BCUT2D eigenvalue weighted by Crippen LogP contribution is -2.46. The summed E-state index contributed by atoms with van der Waals surface area (Å²) in [5, 5.41) is 0. The number of piperidine rings is 1. The Morgan fingerprint density at radius 1 is 1.18 bits per heavy atom. The first-order valence-electron chi connectivity index (χ1n) is 8.75. The second-order valence-corrected chi connectivity index (χ2v) is 6.97. The summed E-state index contributed by atoms with van der Waals surface area (Å²) in [7, 11) is 0. The van der Waals surface area contributed by atoms with Crippen LogP contribution < -0.4 is 0 Å². The van der Waals surface area contributed by atoms with Crippen LogP contribution in [-0.2, 0) is 4.79 Å².